The molecule has 0 aliphatic carbocycles. The Balaban J connectivity index is 1.55. The highest BCUT2D eigenvalue weighted by Crippen LogP contribution is 2.27. The Hall–Kier alpha value is -4.37. The van der Waals surface area contributed by atoms with Gasteiger partial charge < -0.3 is 31.2 Å². The zero-order chi connectivity index (χ0) is 28.6. The first-order chi connectivity index (χ1) is 18.4. The lowest BCUT2D eigenvalue weighted by atomic mass is 10.0. The van der Waals surface area contributed by atoms with E-state index in [0.717, 1.165) is 11.1 Å². The Morgan fingerprint density at radius 1 is 0.897 bits per heavy atom. The molecule has 0 spiro atoms. The standard InChI is InChI=1S/C30H36N4O5/c1-19-8-6-7-9-24(19)33-29(37)34-25-15-10-20(16-26(25)38-5)17-27(35)32-22-13-11-21(12-14-22)23(31)18-28(36)39-30(2,3)4/h6-16,23H,17-18,31H2,1-5H3,(H,32,35)(H2,33,34,37)/t23-/m1/s1. The van der Waals surface area contributed by atoms with Crippen LogP contribution in [-0.4, -0.2) is 30.6 Å². The molecule has 0 fully saturated rings. The van der Waals surface area contributed by atoms with Crippen molar-refractivity contribution in [1.82, 2.24) is 0 Å². The maximum absolute atomic E-state index is 12.7. The summed E-state index contributed by atoms with van der Waals surface area (Å²) < 4.78 is 10.8. The third-order valence-electron chi connectivity index (χ3n) is 5.70. The molecule has 0 heterocycles. The van der Waals surface area contributed by atoms with Crippen LogP contribution in [0.1, 0.15) is 49.9 Å². The van der Waals surface area contributed by atoms with Gasteiger partial charge in [0, 0.05) is 17.4 Å². The van der Waals surface area contributed by atoms with Gasteiger partial charge in [-0.1, -0.05) is 36.4 Å². The minimum Gasteiger partial charge on any atom is -0.495 e. The first-order valence-electron chi connectivity index (χ1n) is 12.6. The Morgan fingerprint density at radius 3 is 2.21 bits per heavy atom. The number of esters is 1. The first kappa shape index (κ1) is 29.2. The van der Waals surface area contributed by atoms with Gasteiger partial charge in [0.2, 0.25) is 5.91 Å². The average Bonchev–Trinajstić information content (AvgIpc) is 2.85. The highest BCUT2D eigenvalue weighted by atomic mass is 16.6. The SMILES string of the molecule is COc1cc(CC(=O)Nc2ccc([C@H](N)CC(=O)OC(C)(C)C)cc2)ccc1NC(=O)Nc1ccccc1C. The van der Waals surface area contributed by atoms with Crippen LogP contribution in [0.25, 0.3) is 0 Å². The summed E-state index contributed by atoms with van der Waals surface area (Å²) in [5.41, 5.74) is 9.79. The van der Waals surface area contributed by atoms with Crippen LogP contribution in [0.3, 0.4) is 0 Å². The van der Waals surface area contributed by atoms with E-state index in [2.05, 4.69) is 16.0 Å². The fourth-order valence-electron chi connectivity index (χ4n) is 3.82. The van der Waals surface area contributed by atoms with Crippen molar-refractivity contribution in [1.29, 1.82) is 0 Å². The number of nitrogens with two attached hydrogens (primary N) is 1. The number of ether oxygens (including phenoxy) is 2. The number of urea groups is 1. The molecule has 0 aromatic heterocycles. The second-order valence-electron chi connectivity index (χ2n) is 10.2. The molecule has 3 amide bonds. The summed E-state index contributed by atoms with van der Waals surface area (Å²) in [4.78, 5) is 37.2. The van der Waals surface area contributed by atoms with E-state index in [1.165, 1.54) is 7.11 Å². The number of carbonyl (C=O) groups excluding carboxylic acids is 3. The van der Waals surface area contributed by atoms with Crippen LogP contribution < -0.4 is 26.4 Å². The van der Waals surface area contributed by atoms with Gasteiger partial charge in [-0.05, 0) is 74.7 Å². The van der Waals surface area contributed by atoms with Crippen molar-refractivity contribution >= 4 is 35.0 Å². The molecule has 3 aromatic rings. The Morgan fingerprint density at radius 2 is 1.56 bits per heavy atom. The molecular formula is C30H36N4O5. The molecule has 39 heavy (non-hydrogen) atoms. The van der Waals surface area contributed by atoms with Crippen LogP contribution >= 0.6 is 0 Å². The molecule has 0 radical (unpaired) electrons. The molecule has 5 N–H and O–H groups in total. The zero-order valence-electron chi connectivity index (χ0n) is 23.0. The summed E-state index contributed by atoms with van der Waals surface area (Å²) in [6, 6.07) is 18.7. The quantitative estimate of drug-likeness (QED) is 0.267. The van der Waals surface area contributed by atoms with Gasteiger partial charge in [-0.2, -0.15) is 0 Å². The van der Waals surface area contributed by atoms with Gasteiger partial charge in [0.1, 0.15) is 11.4 Å². The topological polar surface area (TPSA) is 132 Å². The highest BCUT2D eigenvalue weighted by molar-refractivity contribution is 6.01. The predicted molar refractivity (Wildman–Crippen MR) is 153 cm³/mol. The van der Waals surface area contributed by atoms with Gasteiger partial charge >= 0.3 is 12.0 Å². The lowest BCUT2D eigenvalue weighted by Crippen LogP contribution is -2.26. The number of rotatable bonds is 9. The zero-order valence-corrected chi connectivity index (χ0v) is 23.0. The van der Waals surface area contributed by atoms with Crippen LogP contribution in [0.15, 0.2) is 66.7 Å². The highest BCUT2D eigenvalue weighted by Gasteiger charge is 2.19. The van der Waals surface area contributed by atoms with Crippen molar-refractivity contribution in [3.8, 4) is 5.75 Å². The van der Waals surface area contributed by atoms with Crippen molar-refractivity contribution in [2.75, 3.05) is 23.1 Å². The molecule has 0 aliphatic rings. The van der Waals surface area contributed by atoms with E-state index in [4.69, 9.17) is 15.2 Å². The van der Waals surface area contributed by atoms with Crippen LogP contribution in [-0.2, 0) is 20.7 Å². The van der Waals surface area contributed by atoms with Crippen LogP contribution in [0.5, 0.6) is 5.75 Å². The van der Waals surface area contributed by atoms with Crippen LogP contribution in [0.4, 0.5) is 21.9 Å². The molecule has 1 atom stereocenters. The number of nitrogens with one attached hydrogen (secondary N) is 3. The van der Waals surface area contributed by atoms with Crippen molar-refractivity contribution in [2.24, 2.45) is 5.73 Å². The summed E-state index contributed by atoms with van der Waals surface area (Å²) in [5.74, 6) is -0.152. The molecular weight excluding hydrogens is 496 g/mol. The minimum atomic E-state index is -0.567. The van der Waals surface area contributed by atoms with Gasteiger partial charge in [-0.3, -0.25) is 9.59 Å². The normalized spacial score (nSPS) is 11.7. The number of methoxy groups -OCH3 is 1. The molecule has 9 nitrogen and oxygen atoms in total. The minimum absolute atomic E-state index is 0.0587. The van der Waals surface area contributed by atoms with E-state index in [1.807, 2.05) is 52.0 Å². The van der Waals surface area contributed by atoms with Crippen molar-refractivity contribution in [3.05, 3.63) is 83.4 Å². The average molecular weight is 533 g/mol. The molecule has 9 heteroatoms. The number of para-hydroxylation sites is 1. The van der Waals surface area contributed by atoms with E-state index < -0.39 is 17.7 Å². The van der Waals surface area contributed by atoms with Gasteiger partial charge in [0.15, 0.2) is 0 Å². The predicted octanol–water partition coefficient (Wildman–Crippen LogP) is 5.56. The number of carbonyl (C=O) groups is 3. The second-order valence-corrected chi connectivity index (χ2v) is 10.2. The van der Waals surface area contributed by atoms with E-state index in [0.29, 0.717) is 28.4 Å². The Kier molecular flexibility index (Phi) is 9.68. The molecule has 3 rings (SSSR count). The summed E-state index contributed by atoms with van der Waals surface area (Å²) in [7, 11) is 1.50. The summed E-state index contributed by atoms with van der Waals surface area (Å²) in [5, 5.41) is 8.45. The number of hydrogen-bond acceptors (Lipinski definition) is 6. The maximum Gasteiger partial charge on any atom is 0.323 e. The van der Waals surface area contributed by atoms with E-state index in [1.54, 1.807) is 42.5 Å². The third kappa shape index (κ3) is 9.15. The fraction of sp³-hybridized carbons (Fsp3) is 0.300. The second kappa shape index (κ2) is 12.9. The first-order valence-corrected chi connectivity index (χ1v) is 12.6. The van der Waals surface area contributed by atoms with Gasteiger partial charge in [0.05, 0.1) is 25.6 Å². The molecule has 206 valence electrons. The summed E-state index contributed by atoms with van der Waals surface area (Å²) in [6.07, 6.45) is 0.162. The summed E-state index contributed by atoms with van der Waals surface area (Å²) >= 11 is 0. The van der Waals surface area contributed by atoms with Crippen molar-refractivity contribution < 1.29 is 23.9 Å². The van der Waals surface area contributed by atoms with E-state index in [-0.39, 0.29) is 24.7 Å². The Labute approximate surface area is 229 Å². The number of hydrogen-bond donors (Lipinski definition) is 4. The molecule has 0 unspecified atom stereocenters. The number of benzene rings is 3. The number of amides is 3. The van der Waals surface area contributed by atoms with Gasteiger partial charge in [-0.25, -0.2) is 4.79 Å². The van der Waals surface area contributed by atoms with Crippen molar-refractivity contribution in [2.45, 2.75) is 52.2 Å². The monoisotopic (exact) mass is 532 g/mol. The smallest absolute Gasteiger partial charge is 0.323 e. The molecule has 0 saturated heterocycles. The Bertz CT molecular complexity index is 1320. The van der Waals surface area contributed by atoms with E-state index in [9.17, 15) is 14.4 Å². The lowest BCUT2D eigenvalue weighted by Gasteiger charge is -2.21. The fourth-order valence-corrected chi connectivity index (χ4v) is 3.82. The van der Waals surface area contributed by atoms with Gasteiger partial charge in [0.25, 0.3) is 0 Å². The molecule has 0 saturated carbocycles. The molecule has 3 aromatic carbocycles. The van der Waals surface area contributed by atoms with Crippen LogP contribution in [0.2, 0.25) is 0 Å². The maximum atomic E-state index is 12.7. The van der Waals surface area contributed by atoms with E-state index >= 15 is 0 Å². The molecule has 0 bridgehead atoms. The molecule has 0 aliphatic heterocycles. The number of anilines is 3. The largest absolute Gasteiger partial charge is 0.495 e. The number of aryl methyl sites for hydroxylation is 1. The van der Waals surface area contributed by atoms with Crippen molar-refractivity contribution in [3.63, 3.8) is 0 Å². The lowest BCUT2D eigenvalue weighted by molar-refractivity contribution is -0.155. The van der Waals surface area contributed by atoms with Crippen LogP contribution in [0, 0.1) is 6.92 Å². The van der Waals surface area contributed by atoms with Gasteiger partial charge in [-0.15, -0.1) is 0 Å². The summed E-state index contributed by atoms with van der Waals surface area (Å²) in [6.45, 7) is 7.33. The third-order valence-corrected chi connectivity index (χ3v) is 5.70.